The molecule has 0 atom stereocenters. The Morgan fingerprint density at radius 1 is 1.04 bits per heavy atom. The second-order valence-corrected chi connectivity index (χ2v) is 7.47. The number of thioether (sulfide) groups is 1. The molecule has 0 radical (unpaired) electrons. The lowest BCUT2D eigenvalue weighted by Crippen LogP contribution is -2.24. The van der Waals surface area contributed by atoms with Crippen LogP contribution in [0.5, 0.6) is 0 Å². The number of hydrogen-bond acceptors (Lipinski definition) is 3. The van der Waals surface area contributed by atoms with Gasteiger partial charge in [-0.2, -0.15) is 0 Å². The molecule has 3 aromatic rings. The zero-order valence-corrected chi connectivity index (χ0v) is 16.4. The monoisotopic (exact) mass is 398 g/mol. The first-order valence-corrected chi connectivity index (χ1v) is 9.82. The summed E-state index contributed by atoms with van der Waals surface area (Å²) >= 11 is 7.79. The van der Waals surface area contributed by atoms with E-state index in [1.165, 1.54) is 18.7 Å². The van der Waals surface area contributed by atoms with Crippen molar-refractivity contribution in [1.82, 2.24) is 5.32 Å². The van der Waals surface area contributed by atoms with Crippen LogP contribution in [0.4, 0.5) is 5.69 Å². The van der Waals surface area contributed by atoms with Crippen LogP contribution in [0.2, 0.25) is 5.02 Å². The normalized spacial score (nSPS) is 10.6. The Labute approximate surface area is 167 Å². The molecule has 0 unspecified atom stereocenters. The Morgan fingerprint density at radius 3 is 2.56 bits per heavy atom. The van der Waals surface area contributed by atoms with E-state index in [4.69, 9.17) is 11.6 Å². The van der Waals surface area contributed by atoms with Crippen molar-refractivity contribution in [3.8, 4) is 0 Å². The summed E-state index contributed by atoms with van der Waals surface area (Å²) in [6, 6.07) is 19.1. The highest BCUT2D eigenvalue weighted by atomic mass is 35.5. The van der Waals surface area contributed by atoms with Crippen LogP contribution in [0, 0.1) is 0 Å². The first kappa shape index (κ1) is 19.3. The molecule has 0 saturated heterocycles. The largest absolute Gasteiger partial charge is 0.351 e. The van der Waals surface area contributed by atoms with Gasteiger partial charge in [-0.3, -0.25) is 9.59 Å². The predicted octanol–water partition coefficient (Wildman–Crippen LogP) is 4.86. The molecule has 0 aliphatic heterocycles. The summed E-state index contributed by atoms with van der Waals surface area (Å²) < 4.78 is 0. The molecule has 2 amide bonds. The van der Waals surface area contributed by atoms with Crippen LogP contribution in [0.15, 0.2) is 65.6 Å². The number of benzene rings is 3. The molecule has 27 heavy (non-hydrogen) atoms. The third kappa shape index (κ3) is 5.25. The molecule has 0 aromatic heterocycles. The van der Waals surface area contributed by atoms with Gasteiger partial charge in [-0.1, -0.05) is 48.0 Å². The predicted molar refractivity (Wildman–Crippen MR) is 112 cm³/mol. The van der Waals surface area contributed by atoms with Crippen molar-refractivity contribution >= 4 is 51.6 Å². The maximum Gasteiger partial charge on any atom is 0.230 e. The molecule has 3 rings (SSSR count). The van der Waals surface area contributed by atoms with E-state index in [0.29, 0.717) is 23.0 Å². The first-order valence-electron chi connectivity index (χ1n) is 8.46. The van der Waals surface area contributed by atoms with E-state index in [0.717, 1.165) is 21.2 Å². The van der Waals surface area contributed by atoms with Crippen LogP contribution < -0.4 is 10.6 Å². The molecular weight excluding hydrogens is 380 g/mol. The van der Waals surface area contributed by atoms with Crippen LogP contribution in [0.25, 0.3) is 10.8 Å². The van der Waals surface area contributed by atoms with Gasteiger partial charge in [0.15, 0.2) is 0 Å². The van der Waals surface area contributed by atoms with E-state index in [1.54, 1.807) is 0 Å². The third-order valence-electron chi connectivity index (χ3n) is 3.91. The number of carbonyl (C=O) groups excluding carboxylic acids is 2. The van der Waals surface area contributed by atoms with E-state index in [9.17, 15) is 9.59 Å². The van der Waals surface area contributed by atoms with E-state index in [-0.39, 0.29) is 11.8 Å². The smallest absolute Gasteiger partial charge is 0.230 e. The van der Waals surface area contributed by atoms with E-state index >= 15 is 0 Å². The molecule has 0 bridgehead atoms. The van der Waals surface area contributed by atoms with Gasteiger partial charge in [-0.25, -0.2) is 0 Å². The zero-order valence-electron chi connectivity index (χ0n) is 14.8. The molecule has 0 saturated carbocycles. The SMILES string of the molecule is CC(=O)Nc1cccc(CNC(=O)CSc2cccc3cccc(Cl)c23)c1. The number of fused-ring (bicyclic) bond motifs is 1. The molecule has 2 N–H and O–H groups in total. The number of carbonyl (C=O) groups is 2. The summed E-state index contributed by atoms with van der Waals surface area (Å²) in [5.74, 6) is 0.116. The summed E-state index contributed by atoms with van der Waals surface area (Å²) in [6.45, 7) is 1.87. The molecule has 0 heterocycles. The second kappa shape index (κ2) is 8.93. The van der Waals surface area contributed by atoms with Crippen LogP contribution >= 0.6 is 23.4 Å². The maximum atomic E-state index is 12.2. The minimum absolute atomic E-state index is 0.0611. The quantitative estimate of drug-likeness (QED) is 0.583. The number of anilines is 1. The average Bonchev–Trinajstić information content (AvgIpc) is 2.64. The summed E-state index contributed by atoms with van der Waals surface area (Å²) in [7, 11) is 0. The fourth-order valence-corrected chi connectivity index (χ4v) is 4.02. The van der Waals surface area contributed by atoms with Gasteiger partial charge in [0.2, 0.25) is 11.8 Å². The Hall–Kier alpha value is -2.50. The van der Waals surface area contributed by atoms with Crippen LogP contribution in [-0.4, -0.2) is 17.6 Å². The fraction of sp³-hybridized carbons (Fsp3) is 0.143. The minimum Gasteiger partial charge on any atom is -0.351 e. The summed E-state index contributed by atoms with van der Waals surface area (Å²) in [5.41, 5.74) is 1.64. The van der Waals surface area contributed by atoms with E-state index in [1.807, 2.05) is 60.7 Å². The van der Waals surface area contributed by atoms with Crippen molar-refractivity contribution < 1.29 is 9.59 Å². The zero-order chi connectivity index (χ0) is 19.2. The third-order valence-corrected chi connectivity index (χ3v) is 5.28. The molecule has 3 aromatic carbocycles. The molecule has 138 valence electrons. The van der Waals surface area contributed by atoms with Crippen molar-refractivity contribution in [3.63, 3.8) is 0 Å². The second-order valence-electron chi connectivity index (χ2n) is 6.04. The lowest BCUT2D eigenvalue weighted by Gasteiger charge is -2.09. The van der Waals surface area contributed by atoms with Crippen LogP contribution in [0.1, 0.15) is 12.5 Å². The Kier molecular flexibility index (Phi) is 6.37. The first-order chi connectivity index (χ1) is 13.0. The topological polar surface area (TPSA) is 58.2 Å². The average molecular weight is 399 g/mol. The number of hydrogen-bond donors (Lipinski definition) is 2. The van der Waals surface area contributed by atoms with Gasteiger partial charge in [-0.05, 0) is 35.2 Å². The van der Waals surface area contributed by atoms with Crippen LogP contribution in [0.3, 0.4) is 0 Å². The van der Waals surface area contributed by atoms with Crippen molar-refractivity contribution in [1.29, 1.82) is 0 Å². The maximum absolute atomic E-state index is 12.2. The Balaban J connectivity index is 1.59. The molecule has 0 aliphatic rings. The molecule has 0 spiro atoms. The molecule has 0 fully saturated rings. The van der Waals surface area contributed by atoms with Gasteiger partial charge in [-0.15, -0.1) is 11.8 Å². The highest BCUT2D eigenvalue weighted by Crippen LogP contribution is 2.33. The van der Waals surface area contributed by atoms with Gasteiger partial charge in [0.25, 0.3) is 0 Å². The Morgan fingerprint density at radius 2 is 1.78 bits per heavy atom. The Bertz CT molecular complexity index is 986. The molecule has 4 nitrogen and oxygen atoms in total. The van der Waals surface area contributed by atoms with Crippen molar-refractivity contribution in [2.45, 2.75) is 18.4 Å². The highest BCUT2D eigenvalue weighted by molar-refractivity contribution is 8.00. The summed E-state index contributed by atoms with van der Waals surface area (Å²) in [4.78, 5) is 24.4. The van der Waals surface area contributed by atoms with Gasteiger partial charge >= 0.3 is 0 Å². The molecule has 6 heteroatoms. The lowest BCUT2D eigenvalue weighted by molar-refractivity contribution is -0.118. The van der Waals surface area contributed by atoms with E-state index < -0.39 is 0 Å². The molecule has 0 aliphatic carbocycles. The molecular formula is C21H19ClN2O2S. The lowest BCUT2D eigenvalue weighted by atomic mass is 10.1. The van der Waals surface area contributed by atoms with Crippen molar-refractivity contribution in [2.24, 2.45) is 0 Å². The number of nitrogens with one attached hydrogen (secondary N) is 2. The van der Waals surface area contributed by atoms with Gasteiger partial charge in [0.1, 0.15) is 0 Å². The number of rotatable bonds is 6. The van der Waals surface area contributed by atoms with Crippen molar-refractivity contribution in [3.05, 3.63) is 71.2 Å². The van der Waals surface area contributed by atoms with Gasteiger partial charge in [0.05, 0.1) is 5.75 Å². The summed E-state index contributed by atoms with van der Waals surface area (Å²) in [5, 5.41) is 8.36. The minimum atomic E-state index is -0.124. The fourth-order valence-electron chi connectivity index (χ4n) is 2.74. The van der Waals surface area contributed by atoms with Crippen molar-refractivity contribution in [2.75, 3.05) is 11.1 Å². The van der Waals surface area contributed by atoms with Gasteiger partial charge < -0.3 is 10.6 Å². The van der Waals surface area contributed by atoms with Crippen LogP contribution in [-0.2, 0) is 16.1 Å². The standard InChI is InChI=1S/C21H19ClN2O2S/c1-14(25)24-17-8-2-5-15(11-17)12-23-20(26)13-27-19-10-4-7-16-6-3-9-18(22)21(16)19/h2-11H,12-13H2,1H3,(H,23,26)(H,24,25). The number of halogens is 1. The number of amides is 2. The van der Waals surface area contributed by atoms with E-state index in [2.05, 4.69) is 10.6 Å². The highest BCUT2D eigenvalue weighted by Gasteiger charge is 2.08. The summed E-state index contributed by atoms with van der Waals surface area (Å²) in [6.07, 6.45) is 0. The van der Waals surface area contributed by atoms with Gasteiger partial charge in [0, 0.05) is 34.5 Å².